The summed E-state index contributed by atoms with van der Waals surface area (Å²) in [5, 5.41) is 11.4. The molecule has 0 unspecified atom stereocenters. The van der Waals surface area contributed by atoms with Crippen molar-refractivity contribution in [3.05, 3.63) is 64.0 Å². The standard InChI is InChI=1S/C17H14ClN5O3/c18-11-4-5-12-13(9-11)26-17(25)22(12)8-6-16(24)19-10-15-21-20-14-3-1-2-7-23(14)15/h1-5,7,9H,6,8,10H2,(H,19,24). The van der Waals surface area contributed by atoms with Gasteiger partial charge in [-0.15, -0.1) is 10.2 Å². The maximum atomic E-state index is 12.1. The maximum Gasteiger partial charge on any atom is 0.419 e. The molecule has 4 aromatic rings. The molecule has 132 valence electrons. The third-order valence-electron chi connectivity index (χ3n) is 4.02. The van der Waals surface area contributed by atoms with E-state index in [0.717, 1.165) is 0 Å². The molecule has 0 bridgehead atoms. The minimum atomic E-state index is -0.515. The fraction of sp³-hybridized carbons (Fsp3) is 0.176. The molecule has 1 N–H and O–H groups in total. The summed E-state index contributed by atoms with van der Waals surface area (Å²) in [6.45, 7) is 0.459. The first kappa shape index (κ1) is 16.3. The van der Waals surface area contributed by atoms with Gasteiger partial charge in [0.2, 0.25) is 5.91 Å². The molecule has 0 aliphatic heterocycles. The van der Waals surface area contributed by atoms with E-state index in [1.807, 2.05) is 24.4 Å². The predicted molar refractivity (Wildman–Crippen MR) is 94.9 cm³/mol. The smallest absolute Gasteiger partial charge is 0.408 e. The Labute approximate surface area is 152 Å². The van der Waals surface area contributed by atoms with Gasteiger partial charge in [-0.2, -0.15) is 0 Å². The number of nitrogens with zero attached hydrogens (tertiary/aromatic N) is 4. The van der Waals surface area contributed by atoms with Crippen LogP contribution >= 0.6 is 11.6 Å². The molecule has 0 aliphatic rings. The largest absolute Gasteiger partial charge is 0.419 e. The van der Waals surface area contributed by atoms with Gasteiger partial charge in [0.25, 0.3) is 0 Å². The number of nitrogens with one attached hydrogen (secondary N) is 1. The number of hydrogen-bond donors (Lipinski definition) is 1. The number of aryl methyl sites for hydroxylation is 1. The molecular formula is C17H14ClN5O3. The molecule has 4 rings (SSSR count). The highest BCUT2D eigenvalue weighted by atomic mass is 35.5. The summed E-state index contributed by atoms with van der Waals surface area (Å²) in [6, 6.07) is 10.5. The molecule has 8 nitrogen and oxygen atoms in total. The van der Waals surface area contributed by atoms with E-state index < -0.39 is 5.76 Å². The summed E-state index contributed by atoms with van der Waals surface area (Å²) in [6.07, 6.45) is 1.97. The van der Waals surface area contributed by atoms with Crippen LogP contribution in [0.2, 0.25) is 5.02 Å². The van der Waals surface area contributed by atoms with Crippen LogP contribution in [0.5, 0.6) is 0 Å². The van der Waals surface area contributed by atoms with Crippen molar-refractivity contribution >= 4 is 34.3 Å². The second-order valence-corrected chi connectivity index (χ2v) is 6.14. The van der Waals surface area contributed by atoms with Gasteiger partial charge < -0.3 is 9.73 Å². The van der Waals surface area contributed by atoms with Gasteiger partial charge >= 0.3 is 5.76 Å². The number of benzene rings is 1. The lowest BCUT2D eigenvalue weighted by Crippen LogP contribution is -2.26. The first-order valence-electron chi connectivity index (χ1n) is 7.96. The summed E-state index contributed by atoms with van der Waals surface area (Å²) < 4.78 is 8.37. The molecular weight excluding hydrogens is 358 g/mol. The van der Waals surface area contributed by atoms with Crippen molar-refractivity contribution in [2.24, 2.45) is 0 Å². The van der Waals surface area contributed by atoms with E-state index in [0.29, 0.717) is 27.6 Å². The van der Waals surface area contributed by atoms with Crippen molar-refractivity contribution in [1.82, 2.24) is 24.5 Å². The van der Waals surface area contributed by atoms with E-state index >= 15 is 0 Å². The monoisotopic (exact) mass is 371 g/mol. The zero-order valence-electron chi connectivity index (χ0n) is 13.6. The van der Waals surface area contributed by atoms with Gasteiger partial charge in [-0.3, -0.25) is 13.8 Å². The SMILES string of the molecule is O=C(CCn1c(=O)oc2cc(Cl)ccc21)NCc1nnc2ccccn12. The van der Waals surface area contributed by atoms with Crippen LogP contribution in [0.3, 0.4) is 0 Å². The molecule has 0 saturated heterocycles. The maximum absolute atomic E-state index is 12.1. The number of amides is 1. The average Bonchev–Trinajstić information content (AvgIpc) is 3.18. The Morgan fingerprint density at radius 1 is 1.23 bits per heavy atom. The van der Waals surface area contributed by atoms with Gasteiger partial charge in [0, 0.05) is 30.3 Å². The Kier molecular flexibility index (Phi) is 4.18. The van der Waals surface area contributed by atoms with Crippen LogP contribution in [0, 0.1) is 0 Å². The summed E-state index contributed by atoms with van der Waals surface area (Å²) in [5.41, 5.74) is 1.72. The Balaban J connectivity index is 1.41. The van der Waals surface area contributed by atoms with Crippen molar-refractivity contribution in [3.63, 3.8) is 0 Å². The zero-order chi connectivity index (χ0) is 18.1. The van der Waals surface area contributed by atoms with Crippen LogP contribution in [-0.2, 0) is 17.9 Å². The number of fused-ring (bicyclic) bond motifs is 2. The third kappa shape index (κ3) is 3.06. The van der Waals surface area contributed by atoms with Crippen molar-refractivity contribution in [2.45, 2.75) is 19.5 Å². The lowest BCUT2D eigenvalue weighted by atomic mass is 10.3. The Morgan fingerprint density at radius 2 is 2.12 bits per heavy atom. The number of oxazole rings is 1. The highest BCUT2D eigenvalue weighted by Gasteiger charge is 2.12. The van der Waals surface area contributed by atoms with E-state index in [2.05, 4.69) is 15.5 Å². The van der Waals surface area contributed by atoms with Crippen molar-refractivity contribution in [2.75, 3.05) is 0 Å². The van der Waals surface area contributed by atoms with E-state index in [9.17, 15) is 9.59 Å². The third-order valence-corrected chi connectivity index (χ3v) is 4.26. The molecule has 9 heteroatoms. The van der Waals surface area contributed by atoms with Crippen LogP contribution in [0.25, 0.3) is 16.7 Å². The predicted octanol–water partition coefficient (Wildman–Crippen LogP) is 2.00. The lowest BCUT2D eigenvalue weighted by Gasteiger charge is -2.05. The minimum Gasteiger partial charge on any atom is -0.408 e. The fourth-order valence-electron chi connectivity index (χ4n) is 2.74. The van der Waals surface area contributed by atoms with E-state index in [-0.39, 0.29) is 25.4 Å². The van der Waals surface area contributed by atoms with Crippen LogP contribution < -0.4 is 11.1 Å². The summed E-state index contributed by atoms with van der Waals surface area (Å²) in [4.78, 5) is 24.1. The minimum absolute atomic E-state index is 0.133. The molecule has 0 saturated carbocycles. The molecule has 3 heterocycles. The quantitative estimate of drug-likeness (QED) is 0.579. The van der Waals surface area contributed by atoms with Gasteiger partial charge in [0.1, 0.15) is 0 Å². The number of pyridine rings is 1. The second-order valence-electron chi connectivity index (χ2n) is 5.70. The van der Waals surface area contributed by atoms with Gasteiger partial charge in [0.15, 0.2) is 17.1 Å². The number of hydrogen-bond acceptors (Lipinski definition) is 5. The molecule has 1 amide bonds. The van der Waals surface area contributed by atoms with Crippen LogP contribution in [0.15, 0.2) is 51.8 Å². The Bertz CT molecular complexity index is 1160. The summed E-state index contributed by atoms with van der Waals surface area (Å²) in [5.74, 6) is -0.0825. The van der Waals surface area contributed by atoms with Gasteiger partial charge in [-0.05, 0) is 24.3 Å². The molecule has 0 atom stereocenters. The van der Waals surface area contributed by atoms with Crippen LogP contribution in [0.4, 0.5) is 0 Å². The number of rotatable bonds is 5. The number of aromatic nitrogens is 4. The van der Waals surface area contributed by atoms with Gasteiger partial charge in [0.05, 0.1) is 12.1 Å². The Hall–Kier alpha value is -3.13. The second kappa shape index (κ2) is 6.64. The number of carbonyl (C=O) groups excluding carboxylic acids is 1. The molecule has 26 heavy (non-hydrogen) atoms. The van der Waals surface area contributed by atoms with Crippen LogP contribution in [-0.4, -0.2) is 25.1 Å². The molecule has 0 aliphatic carbocycles. The topological polar surface area (TPSA) is 94.4 Å². The molecule has 0 fully saturated rings. The van der Waals surface area contributed by atoms with Crippen LogP contribution in [0.1, 0.15) is 12.2 Å². The normalized spacial score (nSPS) is 11.3. The van der Waals surface area contributed by atoms with E-state index in [1.54, 1.807) is 22.6 Å². The zero-order valence-corrected chi connectivity index (χ0v) is 14.3. The highest BCUT2D eigenvalue weighted by Crippen LogP contribution is 2.18. The van der Waals surface area contributed by atoms with Crippen molar-refractivity contribution in [1.29, 1.82) is 0 Å². The summed E-state index contributed by atoms with van der Waals surface area (Å²) in [7, 11) is 0. The highest BCUT2D eigenvalue weighted by molar-refractivity contribution is 6.31. The molecule has 0 radical (unpaired) electrons. The first-order chi connectivity index (χ1) is 12.6. The van der Waals surface area contributed by atoms with E-state index in [1.165, 1.54) is 4.57 Å². The average molecular weight is 372 g/mol. The molecule has 1 aromatic carbocycles. The van der Waals surface area contributed by atoms with Crippen molar-refractivity contribution < 1.29 is 9.21 Å². The Morgan fingerprint density at radius 3 is 3.00 bits per heavy atom. The molecule has 0 spiro atoms. The fourth-order valence-corrected chi connectivity index (χ4v) is 2.90. The van der Waals surface area contributed by atoms with Gasteiger partial charge in [-0.25, -0.2) is 4.79 Å². The summed E-state index contributed by atoms with van der Waals surface area (Å²) >= 11 is 5.89. The number of carbonyl (C=O) groups is 1. The first-order valence-corrected chi connectivity index (χ1v) is 8.34. The number of halogens is 1. The lowest BCUT2D eigenvalue weighted by molar-refractivity contribution is -0.121. The van der Waals surface area contributed by atoms with E-state index in [4.69, 9.17) is 16.0 Å². The van der Waals surface area contributed by atoms with Crippen molar-refractivity contribution in [3.8, 4) is 0 Å². The molecule has 3 aromatic heterocycles. The van der Waals surface area contributed by atoms with Gasteiger partial charge in [-0.1, -0.05) is 17.7 Å².